The molecule has 1 aromatic carbocycles. The van der Waals surface area contributed by atoms with Crippen molar-refractivity contribution in [2.24, 2.45) is 11.7 Å². The highest BCUT2D eigenvalue weighted by Crippen LogP contribution is 2.28. The van der Waals surface area contributed by atoms with E-state index in [-0.39, 0.29) is 49.1 Å². The Kier molecular flexibility index (Phi) is 12.1. The van der Waals surface area contributed by atoms with Crippen molar-refractivity contribution < 1.29 is 23.9 Å². The lowest BCUT2D eigenvalue weighted by atomic mass is 9.86. The molecule has 0 aliphatic carbocycles. The lowest BCUT2D eigenvalue weighted by molar-refractivity contribution is -0.142. The largest absolute Gasteiger partial charge is 0.468 e. The van der Waals surface area contributed by atoms with Gasteiger partial charge in [-0.05, 0) is 43.0 Å². The van der Waals surface area contributed by atoms with E-state index in [0.717, 1.165) is 56.9 Å². The molecule has 2 aliphatic rings. The van der Waals surface area contributed by atoms with Gasteiger partial charge in [-0.2, -0.15) is 0 Å². The van der Waals surface area contributed by atoms with Crippen LogP contribution in [0.3, 0.4) is 0 Å². The quantitative estimate of drug-likeness (QED) is 0.220. The maximum absolute atomic E-state index is 12.3. The van der Waals surface area contributed by atoms with Crippen LogP contribution < -0.4 is 16.0 Å². The number of nitrogen functional groups attached to an aromatic ring is 1. The summed E-state index contributed by atoms with van der Waals surface area (Å²) in [5.74, 6) is -0.629. The van der Waals surface area contributed by atoms with E-state index in [1.54, 1.807) is 0 Å². The predicted octanol–water partition coefficient (Wildman–Crippen LogP) is 0.447. The zero-order valence-corrected chi connectivity index (χ0v) is 22.4. The number of piperidine rings is 1. The first-order valence-corrected chi connectivity index (χ1v) is 12.4. The van der Waals surface area contributed by atoms with Crippen molar-refractivity contribution in [3.8, 4) is 0 Å². The molecule has 2 heterocycles. The van der Waals surface area contributed by atoms with Crippen LogP contribution in [0.25, 0.3) is 0 Å². The van der Waals surface area contributed by atoms with Crippen LogP contribution in [0.4, 0.5) is 5.69 Å². The van der Waals surface area contributed by atoms with Crippen molar-refractivity contribution in [1.29, 1.82) is 5.41 Å². The number of hydrogen-bond acceptors (Lipinski definition) is 9. The molecule has 0 saturated carbocycles. The third-order valence-electron chi connectivity index (χ3n) is 7.08. The van der Waals surface area contributed by atoms with Gasteiger partial charge in [-0.3, -0.25) is 29.6 Å². The standard InChI is InChI=1S/C25H38N6O5.ClH/c1-35-23(33)15-28-22(32)8-5-19-16-29(17-24(34)36-2)10-9-21(19)31-13-11-30(12-14-31)20-6-3-18(4-7-20)25(26)27;/h3-4,6-7,19,21H,5,8-17H2,1-2H3,(H3,26,27)(H,28,32);1H. The van der Waals surface area contributed by atoms with E-state index in [4.69, 9.17) is 15.9 Å². The fraction of sp³-hybridized carbons (Fsp3) is 0.600. The van der Waals surface area contributed by atoms with E-state index < -0.39 is 5.97 Å². The van der Waals surface area contributed by atoms with Crippen LogP contribution in [0.15, 0.2) is 24.3 Å². The molecule has 2 unspecified atom stereocenters. The summed E-state index contributed by atoms with van der Waals surface area (Å²) in [5.41, 5.74) is 7.40. The average Bonchev–Trinajstić information content (AvgIpc) is 2.90. The molecule has 3 rings (SSSR count). The van der Waals surface area contributed by atoms with Gasteiger partial charge in [0.15, 0.2) is 0 Å². The highest BCUT2D eigenvalue weighted by Gasteiger charge is 2.35. The second-order valence-corrected chi connectivity index (χ2v) is 9.30. The van der Waals surface area contributed by atoms with E-state index in [9.17, 15) is 14.4 Å². The summed E-state index contributed by atoms with van der Waals surface area (Å²) < 4.78 is 9.43. The summed E-state index contributed by atoms with van der Waals surface area (Å²) in [6, 6.07) is 8.08. The molecule has 0 bridgehead atoms. The first kappa shape index (κ1) is 30.3. The Labute approximate surface area is 224 Å². The van der Waals surface area contributed by atoms with Crippen LogP contribution in [-0.4, -0.2) is 106 Å². The van der Waals surface area contributed by atoms with Crippen LogP contribution in [0.5, 0.6) is 0 Å². The van der Waals surface area contributed by atoms with Gasteiger partial charge in [0.2, 0.25) is 5.91 Å². The highest BCUT2D eigenvalue weighted by molar-refractivity contribution is 5.95. The lowest BCUT2D eigenvalue weighted by Gasteiger charge is -2.47. The minimum absolute atomic E-state index is 0. The first-order valence-electron chi connectivity index (χ1n) is 12.4. The zero-order valence-electron chi connectivity index (χ0n) is 21.6. The summed E-state index contributed by atoms with van der Waals surface area (Å²) in [5, 5.41) is 10.2. The minimum atomic E-state index is -0.475. The van der Waals surface area contributed by atoms with Crippen molar-refractivity contribution in [1.82, 2.24) is 15.1 Å². The Morgan fingerprint density at radius 3 is 2.27 bits per heavy atom. The number of nitrogens with zero attached hydrogens (tertiary/aromatic N) is 3. The number of nitrogens with one attached hydrogen (secondary N) is 2. The van der Waals surface area contributed by atoms with Gasteiger partial charge in [0.25, 0.3) is 0 Å². The number of piperazine rings is 1. The highest BCUT2D eigenvalue weighted by atomic mass is 35.5. The maximum Gasteiger partial charge on any atom is 0.325 e. The molecule has 0 spiro atoms. The fourth-order valence-electron chi connectivity index (χ4n) is 5.06. The Balaban J connectivity index is 0.00000481. The molecule has 2 saturated heterocycles. The number of amides is 1. The molecule has 1 amide bonds. The van der Waals surface area contributed by atoms with Crippen molar-refractivity contribution in [3.05, 3.63) is 29.8 Å². The summed E-state index contributed by atoms with van der Waals surface area (Å²) in [7, 11) is 2.68. The molecule has 2 fully saturated rings. The van der Waals surface area contributed by atoms with Gasteiger partial charge in [-0.15, -0.1) is 12.4 Å². The van der Waals surface area contributed by atoms with Crippen molar-refractivity contribution in [2.75, 3.05) is 71.5 Å². The number of amidine groups is 1. The van der Waals surface area contributed by atoms with Gasteiger partial charge in [0.1, 0.15) is 12.4 Å². The number of ether oxygens (including phenoxy) is 2. The van der Waals surface area contributed by atoms with Crippen molar-refractivity contribution in [2.45, 2.75) is 25.3 Å². The second kappa shape index (κ2) is 14.7. The van der Waals surface area contributed by atoms with E-state index in [2.05, 4.69) is 24.8 Å². The summed E-state index contributed by atoms with van der Waals surface area (Å²) in [4.78, 5) is 42.4. The Hall–Kier alpha value is -2.89. The number of anilines is 1. The molecule has 1 aromatic rings. The number of halogens is 1. The number of nitrogens with two attached hydrogens (primary N) is 1. The number of esters is 2. The number of carbonyl (C=O) groups is 3. The average molecular weight is 539 g/mol. The Bertz CT molecular complexity index is 923. The smallest absolute Gasteiger partial charge is 0.325 e. The molecule has 12 heteroatoms. The number of benzene rings is 1. The molecular formula is C25H39ClN6O5. The Morgan fingerprint density at radius 2 is 1.68 bits per heavy atom. The molecule has 37 heavy (non-hydrogen) atoms. The van der Waals surface area contributed by atoms with Gasteiger partial charge >= 0.3 is 11.9 Å². The molecule has 206 valence electrons. The van der Waals surface area contributed by atoms with E-state index in [1.165, 1.54) is 14.2 Å². The van der Waals surface area contributed by atoms with Crippen LogP contribution in [0, 0.1) is 11.3 Å². The number of likely N-dealkylation sites (tertiary alicyclic amines) is 1. The van der Waals surface area contributed by atoms with E-state index >= 15 is 0 Å². The van der Waals surface area contributed by atoms with Crippen molar-refractivity contribution in [3.63, 3.8) is 0 Å². The van der Waals surface area contributed by atoms with Crippen molar-refractivity contribution >= 4 is 41.8 Å². The third-order valence-corrected chi connectivity index (χ3v) is 7.08. The predicted molar refractivity (Wildman–Crippen MR) is 143 cm³/mol. The monoisotopic (exact) mass is 538 g/mol. The van der Waals surface area contributed by atoms with Gasteiger partial charge in [-0.25, -0.2) is 0 Å². The molecular weight excluding hydrogens is 500 g/mol. The molecule has 0 aromatic heterocycles. The summed E-state index contributed by atoms with van der Waals surface area (Å²) in [6.45, 7) is 5.21. The number of rotatable bonds is 10. The van der Waals surface area contributed by atoms with Crippen LogP contribution in [0.2, 0.25) is 0 Å². The molecule has 2 atom stereocenters. The molecule has 11 nitrogen and oxygen atoms in total. The third kappa shape index (κ3) is 8.87. The van der Waals surface area contributed by atoms with Crippen LogP contribution in [-0.2, 0) is 23.9 Å². The summed E-state index contributed by atoms with van der Waals surface area (Å²) >= 11 is 0. The number of carbonyl (C=O) groups excluding carboxylic acids is 3. The molecule has 0 radical (unpaired) electrons. The van der Waals surface area contributed by atoms with Gasteiger partial charge in [0.05, 0.1) is 20.8 Å². The molecule has 4 N–H and O–H groups in total. The van der Waals surface area contributed by atoms with E-state index in [0.29, 0.717) is 18.9 Å². The second-order valence-electron chi connectivity index (χ2n) is 9.30. The van der Waals surface area contributed by atoms with Gasteiger partial charge in [0, 0.05) is 63.0 Å². The lowest BCUT2D eigenvalue weighted by Crippen LogP contribution is -2.57. The topological polar surface area (TPSA) is 141 Å². The minimum Gasteiger partial charge on any atom is -0.468 e. The fourth-order valence-corrected chi connectivity index (χ4v) is 5.06. The van der Waals surface area contributed by atoms with Gasteiger partial charge < -0.3 is 25.4 Å². The number of hydrogen-bond donors (Lipinski definition) is 3. The zero-order chi connectivity index (χ0) is 26.1. The van der Waals surface area contributed by atoms with Crippen LogP contribution >= 0.6 is 12.4 Å². The van der Waals surface area contributed by atoms with Gasteiger partial charge in [-0.1, -0.05) is 0 Å². The maximum atomic E-state index is 12.3. The first-order chi connectivity index (χ1) is 17.3. The normalized spacial score (nSPS) is 20.4. The van der Waals surface area contributed by atoms with E-state index in [1.807, 2.05) is 24.3 Å². The number of methoxy groups -OCH3 is 2. The SMILES string of the molecule is COC(=O)CNC(=O)CCC1CN(CC(=O)OC)CCC1N1CCN(c2ccc(C(=N)N)cc2)CC1.Cl. The van der Waals surface area contributed by atoms with Crippen LogP contribution in [0.1, 0.15) is 24.8 Å². The Morgan fingerprint density at radius 1 is 1.03 bits per heavy atom. The summed E-state index contributed by atoms with van der Waals surface area (Å²) in [6.07, 6.45) is 1.90. The molecule has 2 aliphatic heterocycles.